The van der Waals surface area contributed by atoms with Crippen LogP contribution in [0.15, 0.2) is 24.3 Å². The normalized spacial score (nSPS) is 24.8. The summed E-state index contributed by atoms with van der Waals surface area (Å²) in [5, 5.41) is 19.9. The van der Waals surface area contributed by atoms with Crippen LogP contribution in [-0.2, 0) is 10.2 Å². The number of thioether (sulfide) groups is 1. The Morgan fingerprint density at radius 2 is 1.69 bits per heavy atom. The molecule has 0 radical (unpaired) electrons. The summed E-state index contributed by atoms with van der Waals surface area (Å²) in [6.07, 6.45) is 3.48. The number of benzene rings is 1. The zero-order chi connectivity index (χ0) is 23.0. The van der Waals surface area contributed by atoms with E-state index in [0.717, 1.165) is 56.0 Å². The van der Waals surface area contributed by atoms with Gasteiger partial charge in [0.15, 0.2) is 0 Å². The van der Waals surface area contributed by atoms with Gasteiger partial charge in [0.05, 0.1) is 24.7 Å². The SMILES string of the molecule is CC(C)(c1ccc(OCC(O)CN2CCSCC2)cc1)C1CCC(OC[C@H](O)CCl)CC1. The van der Waals surface area contributed by atoms with Crippen molar-refractivity contribution in [2.45, 2.75) is 63.3 Å². The number of halogens is 1. The van der Waals surface area contributed by atoms with E-state index in [2.05, 4.69) is 30.9 Å². The van der Waals surface area contributed by atoms with E-state index in [1.54, 1.807) is 0 Å². The number of aliphatic hydroxyl groups excluding tert-OH is 2. The van der Waals surface area contributed by atoms with Crippen molar-refractivity contribution in [2.75, 3.05) is 50.2 Å². The van der Waals surface area contributed by atoms with E-state index in [1.165, 1.54) is 5.56 Å². The molecule has 3 rings (SSSR count). The highest BCUT2D eigenvalue weighted by atomic mass is 35.5. The van der Waals surface area contributed by atoms with Gasteiger partial charge in [0.25, 0.3) is 0 Å². The molecule has 0 amide bonds. The third kappa shape index (κ3) is 7.78. The summed E-state index contributed by atoms with van der Waals surface area (Å²) < 4.78 is 11.7. The van der Waals surface area contributed by atoms with E-state index in [4.69, 9.17) is 21.1 Å². The second kappa shape index (κ2) is 12.8. The molecule has 1 aliphatic carbocycles. The van der Waals surface area contributed by atoms with Crippen LogP contribution in [0.3, 0.4) is 0 Å². The first-order chi connectivity index (χ1) is 15.4. The first kappa shape index (κ1) is 26.1. The van der Waals surface area contributed by atoms with Gasteiger partial charge < -0.3 is 19.7 Å². The van der Waals surface area contributed by atoms with Gasteiger partial charge in [-0.25, -0.2) is 0 Å². The molecule has 1 saturated carbocycles. The molecule has 32 heavy (non-hydrogen) atoms. The molecule has 5 nitrogen and oxygen atoms in total. The Labute approximate surface area is 202 Å². The fourth-order valence-electron chi connectivity index (χ4n) is 4.79. The second-order valence-electron chi connectivity index (χ2n) is 9.74. The lowest BCUT2D eigenvalue weighted by Gasteiger charge is -2.40. The zero-order valence-electron chi connectivity index (χ0n) is 19.5. The molecule has 0 spiro atoms. The van der Waals surface area contributed by atoms with Crippen molar-refractivity contribution < 1.29 is 19.7 Å². The molecule has 1 aliphatic heterocycles. The fraction of sp³-hybridized carbons (Fsp3) is 0.760. The number of hydrogen-bond donors (Lipinski definition) is 2. The first-order valence-electron chi connectivity index (χ1n) is 12.0. The maximum absolute atomic E-state index is 10.3. The van der Waals surface area contributed by atoms with Gasteiger partial charge in [-0.15, -0.1) is 11.6 Å². The molecular weight excluding hydrogens is 446 g/mol. The van der Waals surface area contributed by atoms with Crippen molar-refractivity contribution >= 4 is 23.4 Å². The first-order valence-corrected chi connectivity index (χ1v) is 13.6. The Bertz CT molecular complexity index is 660. The van der Waals surface area contributed by atoms with Gasteiger partial charge in [0.2, 0.25) is 0 Å². The molecule has 2 aliphatic rings. The van der Waals surface area contributed by atoms with E-state index >= 15 is 0 Å². The van der Waals surface area contributed by atoms with Gasteiger partial charge in [0.1, 0.15) is 18.5 Å². The molecule has 7 heteroatoms. The lowest BCUT2D eigenvalue weighted by Crippen LogP contribution is -2.40. The smallest absolute Gasteiger partial charge is 0.119 e. The molecule has 1 unspecified atom stereocenters. The van der Waals surface area contributed by atoms with Crippen LogP contribution < -0.4 is 4.74 Å². The van der Waals surface area contributed by atoms with E-state index in [-0.39, 0.29) is 17.4 Å². The maximum Gasteiger partial charge on any atom is 0.119 e. The minimum Gasteiger partial charge on any atom is -0.491 e. The number of ether oxygens (including phenoxy) is 2. The van der Waals surface area contributed by atoms with E-state index in [9.17, 15) is 10.2 Å². The zero-order valence-corrected chi connectivity index (χ0v) is 21.1. The maximum atomic E-state index is 10.3. The third-order valence-corrected chi connectivity index (χ3v) is 8.31. The van der Waals surface area contributed by atoms with Crippen LogP contribution in [-0.4, -0.2) is 83.7 Å². The summed E-state index contributed by atoms with van der Waals surface area (Å²) in [6, 6.07) is 8.40. The van der Waals surface area contributed by atoms with Crippen molar-refractivity contribution in [2.24, 2.45) is 5.92 Å². The molecule has 1 heterocycles. The summed E-state index contributed by atoms with van der Waals surface area (Å²) in [5.41, 5.74) is 1.39. The number of nitrogens with zero attached hydrogens (tertiary/aromatic N) is 1. The number of alkyl halides is 1. The summed E-state index contributed by atoms with van der Waals surface area (Å²) in [5.74, 6) is 3.93. The molecule has 0 bridgehead atoms. The largest absolute Gasteiger partial charge is 0.491 e. The predicted molar refractivity (Wildman–Crippen MR) is 133 cm³/mol. The second-order valence-corrected chi connectivity index (χ2v) is 11.3. The van der Waals surface area contributed by atoms with Crippen LogP contribution in [0.5, 0.6) is 5.75 Å². The minimum atomic E-state index is -0.573. The quantitative estimate of drug-likeness (QED) is 0.463. The lowest BCUT2D eigenvalue weighted by molar-refractivity contribution is -0.0277. The molecule has 2 fully saturated rings. The van der Waals surface area contributed by atoms with Crippen molar-refractivity contribution in [1.82, 2.24) is 4.90 Å². The minimum absolute atomic E-state index is 0.0743. The van der Waals surface area contributed by atoms with Crippen LogP contribution in [0.25, 0.3) is 0 Å². The number of aliphatic hydroxyl groups is 2. The van der Waals surface area contributed by atoms with Gasteiger partial charge in [-0.3, -0.25) is 4.90 Å². The average molecular weight is 486 g/mol. The average Bonchev–Trinajstić information content (AvgIpc) is 2.82. The van der Waals surface area contributed by atoms with Crippen LogP contribution in [0.4, 0.5) is 0 Å². The van der Waals surface area contributed by atoms with Crippen molar-refractivity contribution in [3.05, 3.63) is 29.8 Å². The summed E-state index contributed by atoms with van der Waals surface area (Å²) in [4.78, 5) is 2.32. The number of rotatable bonds is 11. The topological polar surface area (TPSA) is 62.2 Å². The van der Waals surface area contributed by atoms with E-state index in [1.807, 2.05) is 23.9 Å². The van der Waals surface area contributed by atoms with Gasteiger partial charge in [-0.2, -0.15) is 11.8 Å². The molecule has 0 aromatic heterocycles. The third-order valence-electron chi connectivity index (χ3n) is 7.01. The highest BCUT2D eigenvalue weighted by Crippen LogP contribution is 2.41. The summed E-state index contributed by atoms with van der Waals surface area (Å²) in [6.45, 7) is 8.09. The summed E-state index contributed by atoms with van der Waals surface area (Å²) in [7, 11) is 0. The molecule has 1 saturated heterocycles. The molecule has 1 aromatic rings. The Balaban J connectivity index is 1.44. The van der Waals surface area contributed by atoms with Gasteiger partial charge in [0, 0.05) is 31.1 Å². The Hall–Kier alpha value is -0.500. The Morgan fingerprint density at radius 1 is 1.03 bits per heavy atom. The molecule has 182 valence electrons. The highest BCUT2D eigenvalue weighted by Gasteiger charge is 2.34. The van der Waals surface area contributed by atoms with Crippen molar-refractivity contribution in [1.29, 1.82) is 0 Å². The van der Waals surface area contributed by atoms with E-state index in [0.29, 0.717) is 25.7 Å². The van der Waals surface area contributed by atoms with Gasteiger partial charge in [-0.05, 0) is 54.7 Å². The van der Waals surface area contributed by atoms with Crippen LogP contribution in [0.2, 0.25) is 0 Å². The van der Waals surface area contributed by atoms with E-state index < -0.39 is 12.2 Å². The van der Waals surface area contributed by atoms with Crippen LogP contribution in [0, 0.1) is 5.92 Å². The van der Waals surface area contributed by atoms with Crippen molar-refractivity contribution in [3.8, 4) is 5.75 Å². The van der Waals surface area contributed by atoms with Gasteiger partial charge in [-0.1, -0.05) is 26.0 Å². The van der Waals surface area contributed by atoms with Crippen molar-refractivity contribution in [3.63, 3.8) is 0 Å². The standard InChI is InChI=1S/C25H40ClNO4S/c1-25(2,19-3-7-23(8-4-19)30-17-21(28)15-26)20-5-9-24(10-6-20)31-18-22(29)16-27-11-13-32-14-12-27/h5-6,9-10,19,21-23,28-29H,3-4,7-8,11-18H2,1-2H3/t19?,21-,22?,23?/m1/s1. The summed E-state index contributed by atoms with van der Waals surface area (Å²) >= 11 is 7.63. The molecule has 2 atom stereocenters. The van der Waals surface area contributed by atoms with Crippen LogP contribution in [0.1, 0.15) is 45.1 Å². The monoisotopic (exact) mass is 485 g/mol. The molecular formula is C25H40ClNO4S. The fourth-order valence-corrected chi connectivity index (χ4v) is 5.85. The Kier molecular flexibility index (Phi) is 10.5. The van der Waals surface area contributed by atoms with Crippen LogP contribution >= 0.6 is 23.4 Å². The molecule has 1 aromatic carbocycles. The number of β-amino-alcohol motifs (C(OH)–C–C–N with tert-alkyl or cyclic N) is 1. The highest BCUT2D eigenvalue weighted by molar-refractivity contribution is 7.99. The lowest BCUT2D eigenvalue weighted by atomic mass is 9.67. The predicted octanol–water partition coefficient (Wildman–Crippen LogP) is 3.93. The van der Waals surface area contributed by atoms with Gasteiger partial charge >= 0.3 is 0 Å². The number of hydrogen-bond acceptors (Lipinski definition) is 6. The Morgan fingerprint density at radius 3 is 2.31 bits per heavy atom. The molecule has 2 N–H and O–H groups in total.